The Hall–Kier alpha value is -1.18. The van der Waals surface area contributed by atoms with Crippen molar-refractivity contribution < 1.29 is 19.1 Å². The van der Waals surface area contributed by atoms with Gasteiger partial charge in [-0.05, 0) is 32.9 Å². The zero-order valence-corrected chi connectivity index (χ0v) is 15.1. The summed E-state index contributed by atoms with van der Waals surface area (Å²) in [5.41, 5.74) is 5.33. The number of hydrogen-bond acceptors (Lipinski definition) is 5. The molecule has 0 bridgehead atoms. The molecule has 0 rings (SSSR count). The first-order chi connectivity index (χ1) is 10.8. The molecule has 136 valence electrons. The second-order valence-corrected chi connectivity index (χ2v) is 6.09. The van der Waals surface area contributed by atoms with Crippen molar-refractivity contribution in [2.45, 2.75) is 45.3 Å². The molecule has 3 atom stereocenters. The lowest BCUT2D eigenvalue weighted by molar-refractivity contribution is -0.128. The number of methoxy groups -OCH3 is 1. The average molecular weight is 331 g/mol. The highest BCUT2D eigenvalue weighted by Gasteiger charge is 2.23. The topological polar surface area (TPSA) is 93.9 Å². The summed E-state index contributed by atoms with van der Waals surface area (Å²) >= 11 is 0. The van der Waals surface area contributed by atoms with Crippen LogP contribution in [0.15, 0.2) is 0 Å². The highest BCUT2D eigenvalue weighted by atomic mass is 16.5. The van der Waals surface area contributed by atoms with Crippen LogP contribution in [0.4, 0.5) is 0 Å². The number of amides is 2. The lowest BCUT2D eigenvalue weighted by Crippen LogP contribution is -2.35. The number of carbonyl (C=O) groups excluding carboxylic acids is 2. The molecule has 0 aliphatic carbocycles. The number of hydrogen-bond donors (Lipinski definition) is 2. The molecule has 2 amide bonds. The van der Waals surface area contributed by atoms with Gasteiger partial charge < -0.3 is 25.4 Å². The Kier molecular flexibility index (Phi) is 11.6. The van der Waals surface area contributed by atoms with Crippen molar-refractivity contribution in [2.24, 2.45) is 11.7 Å². The van der Waals surface area contributed by atoms with Gasteiger partial charge in [-0.15, -0.1) is 0 Å². The Bertz CT molecular complexity index is 352. The van der Waals surface area contributed by atoms with Crippen LogP contribution < -0.4 is 11.1 Å². The molecular weight excluding hydrogens is 298 g/mol. The Morgan fingerprint density at radius 2 is 1.87 bits per heavy atom. The van der Waals surface area contributed by atoms with Crippen molar-refractivity contribution in [3.8, 4) is 0 Å². The molecule has 0 radical (unpaired) electrons. The van der Waals surface area contributed by atoms with Gasteiger partial charge in [0.2, 0.25) is 11.8 Å². The summed E-state index contributed by atoms with van der Waals surface area (Å²) in [6.45, 7) is 6.31. The van der Waals surface area contributed by atoms with Crippen LogP contribution >= 0.6 is 0 Å². The molecule has 7 heteroatoms. The summed E-state index contributed by atoms with van der Waals surface area (Å²) in [5, 5.41) is 2.57. The fourth-order valence-electron chi connectivity index (χ4n) is 2.26. The molecule has 23 heavy (non-hydrogen) atoms. The molecule has 0 fully saturated rings. The van der Waals surface area contributed by atoms with E-state index < -0.39 is 0 Å². The van der Waals surface area contributed by atoms with E-state index in [1.807, 2.05) is 20.9 Å². The fraction of sp³-hybridized carbons (Fsp3) is 0.875. The molecule has 0 spiro atoms. The summed E-state index contributed by atoms with van der Waals surface area (Å²) in [6, 6.07) is 0. The van der Waals surface area contributed by atoms with Crippen LogP contribution in [0.25, 0.3) is 0 Å². The molecule has 0 aromatic heterocycles. The molecule has 0 saturated carbocycles. The second kappa shape index (κ2) is 12.3. The number of rotatable bonds is 13. The molecule has 3 N–H and O–H groups in total. The number of likely N-dealkylation sites (N-methyl/N-ethyl adjacent to an activating group) is 1. The van der Waals surface area contributed by atoms with Gasteiger partial charge in [-0.25, -0.2) is 0 Å². The number of nitrogens with two attached hydrogens (primary N) is 1. The minimum Gasteiger partial charge on any atom is -0.383 e. The maximum absolute atomic E-state index is 11.4. The summed E-state index contributed by atoms with van der Waals surface area (Å²) in [7, 11) is 5.30. The van der Waals surface area contributed by atoms with E-state index in [0.717, 1.165) is 19.5 Å². The Labute approximate surface area is 139 Å². The van der Waals surface area contributed by atoms with Gasteiger partial charge >= 0.3 is 0 Å². The Balaban J connectivity index is 4.44. The minimum absolute atomic E-state index is 0.0812. The van der Waals surface area contributed by atoms with E-state index in [1.165, 1.54) is 0 Å². The summed E-state index contributed by atoms with van der Waals surface area (Å²) in [6.07, 6.45) is 0.786. The molecule has 0 aromatic carbocycles. The largest absolute Gasteiger partial charge is 0.383 e. The van der Waals surface area contributed by atoms with E-state index in [1.54, 1.807) is 14.2 Å². The fourth-order valence-corrected chi connectivity index (χ4v) is 2.26. The number of ether oxygens (including phenoxy) is 2. The smallest absolute Gasteiger partial charge is 0.222 e. The number of carbonyl (C=O) groups is 2. The van der Waals surface area contributed by atoms with E-state index >= 15 is 0 Å². The first kappa shape index (κ1) is 21.8. The zero-order chi connectivity index (χ0) is 17.8. The maximum Gasteiger partial charge on any atom is 0.222 e. The van der Waals surface area contributed by atoms with Crippen molar-refractivity contribution in [3.63, 3.8) is 0 Å². The minimum atomic E-state index is -0.387. The normalized spacial score (nSPS) is 15.2. The summed E-state index contributed by atoms with van der Waals surface area (Å²) < 4.78 is 11.0. The van der Waals surface area contributed by atoms with Gasteiger partial charge in [0, 0.05) is 20.7 Å². The molecule has 3 unspecified atom stereocenters. The van der Waals surface area contributed by atoms with Crippen molar-refractivity contribution in [1.29, 1.82) is 0 Å². The highest BCUT2D eigenvalue weighted by Crippen LogP contribution is 2.18. The third kappa shape index (κ3) is 11.1. The van der Waals surface area contributed by atoms with Crippen molar-refractivity contribution in [3.05, 3.63) is 0 Å². The molecule has 7 nitrogen and oxygen atoms in total. The first-order valence-corrected chi connectivity index (χ1v) is 8.11. The third-order valence-electron chi connectivity index (χ3n) is 3.84. The van der Waals surface area contributed by atoms with E-state index in [4.69, 9.17) is 15.2 Å². The lowest BCUT2D eigenvalue weighted by Gasteiger charge is -2.28. The number of nitrogens with zero attached hydrogens (tertiary/aromatic N) is 1. The van der Waals surface area contributed by atoms with Gasteiger partial charge in [0.25, 0.3) is 0 Å². The van der Waals surface area contributed by atoms with Crippen LogP contribution in [0.5, 0.6) is 0 Å². The predicted octanol–water partition coefficient (Wildman–Crippen LogP) is 0.376. The Morgan fingerprint density at radius 1 is 1.22 bits per heavy atom. The van der Waals surface area contributed by atoms with Crippen LogP contribution in [-0.2, 0) is 19.1 Å². The van der Waals surface area contributed by atoms with Gasteiger partial charge in [0.15, 0.2) is 0 Å². The first-order valence-electron chi connectivity index (χ1n) is 8.11. The van der Waals surface area contributed by atoms with E-state index in [-0.39, 0.29) is 42.8 Å². The highest BCUT2D eigenvalue weighted by molar-refractivity contribution is 5.76. The van der Waals surface area contributed by atoms with Crippen LogP contribution in [0.1, 0.15) is 33.1 Å². The summed E-state index contributed by atoms with van der Waals surface area (Å²) in [5.74, 6) is -0.302. The van der Waals surface area contributed by atoms with Gasteiger partial charge in [0.05, 0.1) is 31.7 Å². The van der Waals surface area contributed by atoms with Gasteiger partial charge in [-0.2, -0.15) is 0 Å². The van der Waals surface area contributed by atoms with Crippen LogP contribution in [0.3, 0.4) is 0 Å². The molecule has 0 aliphatic rings. The number of primary amides is 1. The SMILES string of the molecule is CNC(=O)CC(C)OC(CC(N)=O)C(C)CCN(C)CCOC. The van der Waals surface area contributed by atoms with E-state index in [9.17, 15) is 9.59 Å². The lowest BCUT2D eigenvalue weighted by atomic mass is 9.97. The molecule has 0 saturated heterocycles. The Morgan fingerprint density at radius 3 is 2.39 bits per heavy atom. The van der Waals surface area contributed by atoms with Crippen molar-refractivity contribution in [1.82, 2.24) is 10.2 Å². The quantitative estimate of drug-likeness (QED) is 0.509. The second-order valence-electron chi connectivity index (χ2n) is 6.09. The molecule has 0 aliphatic heterocycles. The average Bonchev–Trinajstić information content (AvgIpc) is 2.49. The molecule has 0 aromatic rings. The van der Waals surface area contributed by atoms with Gasteiger partial charge in [-0.3, -0.25) is 9.59 Å². The van der Waals surface area contributed by atoms with E-state index in [0.29, 0.717) is 6.61 Å². The standard InChI is InChI=1S/C16H33N3O4/c1-12(6-7-19(4)8-9-22-5)14(11-15(17)20)23-13(2)10-16(21)18-3/h12-14H,6-11H2,1-5H3,(H2,17,20)(H,18,21). The van der Waals surface area contributed by atoms with Crippen molar-refractivity contribution >= 4 is 11.8 Å². The third-order valence-corrected chi connectivity index (χ3v) is 3.84. The predicted molar refractivity (Wildman–Crippen MR) is 90.0 cm³/mol. The van der Waals surface area contributed by atoms with Crippen molar-refractivity contribution in [2.75, 3.05) is 40.9 Å². The van der Waals surface area contributed by atoms with Gasteiger partial charge in [0.1, 0.15) is 0 Å². The maximum atomic E-state index is 11.4. The number of nitrogens with one attached hydrogen (secondary N) is 1. The monoisotopic (exact) mass is 331 g/mol. The van der Waals surface area contributed by atoms with E-state index in [2.05, 4.69) is 10.2 Å². The van der Waals surface area contributed by atoms with Gasteiger partial charge in [-0.1, -0.05) is 6.92 Å². The van der Waals surface area contributed by atoms with Crippen LogP contribution in [0.2, 0.25) is 0 Å². The van der Waals surface area contributed by atoms with Crippen LogP contribution in [-0.4, -0.2) is 69.8 Å². The molecule has 0 heterocycles. The van der Waals surface area contributed by atoms with Crippen LogP contribution in [0, 0.1) is 5.92 Å². The molecular formula is C16H33N3O4. The zero-order valence-electron chi connectivity index (χ0n) is 15.1. The summed E-state index contributed by atoms with van der Waals surface area (Å²) in [4.78, 5) is 24.9.